The van der Waals surface area contributed by atoms with E-state index >= 15 is 0 Å². The second-order valence-electron chi connectivity index (χ2n) is 6.62. The largest absolute Gasteiger partial charge is 0.376 e. The molecule has 0 aromatic rings. The number of nitrogens with one attached hydrogen (secondary N) is 1. The van der Waals surface area contributed by atoms with Crippen molar-refractivity contribution in [3.05, 3.63) is 0 Å². The zero-order valence-corrected chi connectivity index (χ0v) is 13.0. The molecule has 1 saturated carbocycles. The summed E-state index contributed by atoms with van der Waals surface area (Å²) in [4.78, 5) is 2.62. The maximum absolute atomic E-state index is 5.76. The molecule has 2 aliphatic rings. The quantitative estimate of drug-likeness (QED) is 0.829. The molecule has 4 unspecified atom stereocenters. The van der Waals surface area contributed by atoms with Gasteiger partial charge in [-0.15, -0.1) is 0 Å². The molecule has 2 fully saturated rings. The lowest BCUT2D eigenvalue weighted by atomic mass is 9.87. The minimum Gasteiger partial charge on any atom is -0.376 e. The fourth-order valence-electron chi connectivity index (χ4n) is 3.59. The highest BCUT2D eigenvalue weighted by Gasteiger charge is 2.25. The molecule has 0 aromatic heterocycles. The predicted molar refractivity (Wildman–Crippen MR) is 80.5 cm³/mol. The van der Waals surface area contributed by atoms with Crippen molar-refractivity contribution in [1.29, 1.82) is 0 Å². The Morgan fingerprint density at radius 3 is 2.84 bits per heavy atom. The molecule has 3 heteroatoms. The van der Waals surface area contributed by atoms with Gasteiger partial charge in [-0.25, -0.2) is 0 Å². The summed E-state index contributed by atoms with van der Waals surface area (Å²) < 4.78 is 5.76. The van der Waals surface area contributed by atoms with Gasteiger partial charge in [-0.1, -0.05) is 26.7 Å². The van der Waals surface area contributed by atoms with Crippen molar-refractivity contribution in [3.63, 3.8) is 0 Å². The van der Waals surface area contributed by atoms with E-state index in [1.165, 1.54) is 38.6 Å². The molecule has 112 valence electrons. The Labute approximate surface area is 119 Å². The van der Waals surface area contributed by atoms with Crippen LogP contribution in [-0.2, 0) is 4.74 Å². The Balaban J connectivity index is 1.68. The fraction of sp³-hybridized carbons (Fsp3) is 1.00. The Bertz CT molecular complexity index is 259. The highest BCUT2D eigenvalue weighted by molar-refractivity contribution is 4.80. The van der Waals surface area contributed by atoms with Crippen molar-refractivity contribution in [2.24, 2.45) is 5.92 Å². The number of rotatable bonds is 5. The predicted octanol–water partition coefficient (Wildman–Crippen LogP) is 2.65. The summed E-state index contributed by atoms with van der Waals surface area (Å²) in [5.74, 6) is 0.915. The lowest BCUT2D eigenvalue weighted by Gasteiger charge is -2.38. The molecule has 1 N–H and O–H groups in total. The number of hydrogen-bond donors (Lipinski definition) is 1. The third-order valence-corrected chi connectivity index (χ3v) is 4.82. The molecule has 1 heterocycles. The minimum atomic E-state index is 0.400. The van der Waals surface area contributed by atoms with E-state index in [0.29, 0.717) is 12.1 Å². The average Bonchev–Trinajstić information content (AvgIpc) is 2.39. The van der Waals surface area contributed by atoms with E-state index in [2.05, 4.69) is 31.0 Å². The molecular weight excluding hydrogens is 236 g/mol. The molecule has 0 bridgehead atoms. The van der Waals surface area contributed by atoms with Crippen LogP contribution >= 0.6 is 0 Å². The van der Waals surface area contributed by atoms with E-state index in [0.717, 1.165) is 31.7 Å². The SMILES string of the molecule is CCC1COC(C)CN1CCNC1CCCC(C)C1. The number of morpholine rings is 1. The van der Waals surface area contributed by atoms with Crippen LogP contribution in [-0.4, -0.2) is 49.3 Å². The smallest absolute Gasteiger partial charge is 0.0674 e. The van der Waals surface area contributed by atoms with Gasteiger partial charge in [0.15, 0.2) is 0 Å². The van der Waals surface area contributed by atoms with Crippen LogP contribution in [0.1, 0.15) is 52.9 Å². The molecule has 0 aromatic carbocycles. The molecule has 0 spiro atoms. The number of hydrogen-bond acceptors (Lipinski definition) is 3. The maximum atomic E-state index is 5.76. The van der Waals surface area contributed by atoms with E-state index in [1.807, 2.05) is 0 Å². The van der Waals surface area contributed by atoms with Gasteiger partial charge in [0.05, 0.1) is 12.7 Å². The Hall–Kier alpha value is -0.120. The molecule has 4 atom stereocenters. The summed E-state index contributed by atoms with van der Waals surface area (Å²) in [6.45, 7) is 11.2. The third kappa shape index (κ3) is 4.73. The van der Waals surface area contributed by atoms with Gasteiger partial charge in [0, 0.05) is 31.7 Å². The van der Waals surface area contributed by atoms with Crippen molar-refractivity contribution in [2.75, 3.05) is 26.2 Å². The van der Waals surface area contributed by atoms with Crippen LogP contribution in [0.5, 0.6) is 0 Å². The summed E-state index contributed by atoms with van der Waals surface area (Å²) in [6, 6.07) is 1.39. The van der Waals surface area contributed by atoms with Crippen LogP contribution in [0.2, 0.25) is 0 Å². The normalized spacial score (nSPS) is 37.4. The lowest BCUT2D eigenvalue weighted by Crippen LogP contribution is -2.51. The van der Waals surface area contributed by atoms with Crippen LogP contribution in [0.25, 0.3) is 0 Å². The van der Waals surface area contributed by atoms with Crippen molar-refractivity contribution >= 4 is 0 Å². The first-order chi connectivity index (χ1) is 9.19. The maximum Gasteiger partial charge on any atom is 0.0674 e. The van der Waals surface area contributed by atoms with Crippen LogP contribution < -0.4 is 5.32 Å². The summed E-state index contributed by atoms with van der Waals surface area (Å²) in [5.41, 5.74) is 0. The van der Waals surface area contributed by atoms with Gasteiger partial charge >= 0.3 is 0 Å². The molecule has 1 saturated heterocycles. The summed E-state index contributed by atoms with van der Waals surface area (Å²) >= 11 is 0. The molecule has 2 rings (SSSR count). The summed E-state index contributed by atoms with van der Waals surface area (Å²) in [5, 5.41) is 3.78. The van der Waals surface area contributed by atoms with Crippen molar-refractivity contribution in [3.8, 4) is 0 Å². The van der Waals surface area contributed by atoms with Gasteiger partial charge in [-0.2, -0.15) is 0 Å². The first-order valence-electron chi connectivity index (χ1n) is 8.28. The monoisotopic (exact) mass is 268 g/mol. The minimum absolute atomic E-state index is 0.400. The van der Waals surface area contributed by atoms with Gasteiger partial charge < -0.3 is 10.1 Å². The number of ether oxygens (including phenoxy) is 1. The second-order valence-corrected chi connectivity index (χ2v) is 6.62. The van der Waals surface area contributed by atoms with E-state index in [9.17, 15) is 0 Å². The number of nitrogens with zero attached hydrogens (tertiary/aromatic N) is 1. The molecule has 1 aliphatic carbocycles. The molecule has 0 radical (unpaired) electrons. The molecule has 0 amide bonds. The highest BCUT2D eigenvalue weighted by Crippen LogP contribution is 2.23. The van der Waals surface area contributed by atoms with Crippen molar-refractivity contribution in [1.82, 2.24) is 10.2 Å². The van der Waals surface area contributed by atoms with E-state index in [-0.39, 0.29) is 0 Å². The van der Waals surface area contributed by atoms with Crippen LogP contribution in [0, 0.1) is 5.92 Å². The highest BCUT2D eigenvalue weighted by atomic mass is 16.5. The van der Waals surface area contributed by atoms with E-state index in [4.69, 9.17) is 4.74 Å². The van der Waals surface area contributed by atoms with Crippen LogP contribution in [0.3, 0.4) is 0 Å². The standard InChI is InChI=1S/C16H32N2O/c1-4-16-12-19-14(3)11-18(16)9-8-17-15-7-5-6-13(2)10-15/h13-17H,4-12H2,1-3H3. The topological polar surface area (TPSA) is 24.5 Å². The Morgan fingerprint density at radius 1 is 1.26 bits per heavy atom. The van der Waals surface area contributed by atoms with Gasteiger partial charge in [0.2, 0.25) is 0 Å². The first kappa shape index (κ1) is 15.3. The average molecular weight is 268 g/mol. The molecular formula is C16H32N2O. The van der Waals surface area contributed by atoms with Gasteiger partial charge in [0.25, 0.3) is 0 Å². The molecule has 19 heavy (non-hydrogen) atoms. The molecule has 1 aliphatic heterocycles. The third-order valence-electron chi connectivity index (χ3n) is 4.82. The second kappa shape index (κ2) is 7.61. The van der Waals surface area contributed by atoms with Crippen LogP contribution in [0.4, 0.5) is 0 Å². The van der Waals surface area contributed by atoms with Gasteiger partial charge in [-0.05, 0) is 32.1 Å². The zero-order valence-electron chi connectivity index (χ0n) is 13.0. The van der Waals surface area contributed by atoms with Gasteiger partial charge in [-0.3, -0.25) is 4.90 Å². The molecule has 3 nitrogen and oxygen atoms in total. The van der Waals surface area contributed by atoms with E-state index in [1.54, 1.807) is 0 Å². The lowest BCUT2D eigenvalue weighted by molar-refractivity contribution is -0.0553. The van der Waals surface area contributed by atoms with Gasteiger partial charge in [0.1, 0.15) is 0 Å². The first-order valence-corrected chi connectivity index (χ1v) is 8.28. The van der Waals surface area contributed by atoms with E-state index < -0.39 is 0 Å². The van der Waals surface area contributed by atoms with Crippen molar-refractivity contribution < 1.29 is 4.74 Å². The Morgan fingerprint density at radius 2 is 2.11 bits per heavy atom. The zero-order chi connectivity index (χ0) is 13.7. The van der Waals surface area contributed by atoms with Crippen molar-refractivity contribution in [2.45, 2.75) is 71.1 Å². The van der Waals surface area contributed by atoms with Crippen LogP contribution in [0.15, 0.2) is 0 Å². The fourth-order valence-corrected chi connectivity index (χ4v) is 3.59. The summed E-state index contributed by atoms with van der Waals surface area (Å²) in [7, 11) is 0. The summed E-state index contributed by atoms with van der Waals surface area (Å²) in [6.07, 6.45) is 7.19. The Kier molecular flexibility index (Phi) is 6.11.